The summed E-state index contributed by atoms with van der Waals surface area (Å²) in [6.07, 6.45) is 2.31. The standard InChI is InChI=1S/C18H12Cl2N6O6S/c19-10-3-9(26-18(29)23-17(28)12(6-21)24-26)4-11(20)16(10)32-15-5-14(13(27)7-22-15)33(30,31)25-8-1-2-8/h3-5,7-8,25,27H,1-2H2,(H,23,28,29). The summed E-state index contributed by atoms with van der Waals surface area (Å²) in [7, 11) is -4.01. The van der Waals surface area contributed by atoms with E-state index in [9.17, 15) is 23.1 Å². The van der Waals surface area contributed by atoms with Gasteiger partial charge < -0.3 is 9.84 Å². The van der Waals surface area contributed by atoms with Crippen molar-refractivity contribution in [3.8, 4) is 29.1 Å². The van der Waals surface area contributed by atoms with Gasteiger partial charge in [-0.25, -0.2) is 22.9 Å². The van der Waals surface area contributed by atoms with Crippen LogP contribution in [0.2, 0.25) is 10.0 Å². The van der Waals surface area contributed by atoms with Crippen LogP contribution in [0.15, 0.2) is 38.9 Å². The molecule has 33 heavy (non-hydrogen) atoms. The van der Waals surface area contributed by atoms with Crippen molar-refractivity contribution in [1.82, 2.24) is 24.5 Å². The molecule has 0 radical (unpaired) electrons. The zero-order chi connectivity index (χ0) is 23.9. The minimum Gasteiger partial charge on any atom is -0.505 e. The number of hydrogen-bond donors (Lipinski definition) is 3. The fourth-order valence-electron chi connectivity index (χ4n) is 2.69. The van der Waals surface area contributed by atoms with Crippen LogP contribution in [0.25, 0.3) is 5.69 Å². The topological polar surface area (TPSA) is 180 Å². The lowest BCUT2D eigenvalue weighted by atomic mass is 10.3. The number of aromatic nitrogens is 4. The van der Waals surface area contributed by atoms with Gasteiger partial charge in [0.15, 0.2) is 11.5 Å². The Hall–Kier alpha value is -3.44. The number of H-pyrrole nitrogens is 1. The fourth-order valence-corrected chi connectivity index (χ4v) is 4.62. The Morgan fingerprint density at radius 1 is 1.24 bits per heavy atom. The molecule has 2 heterocycles. The molecule has 0 amide bonds. The third-order valence-electron chi connectivity index (χ3n) is 4.38. The Labute approximate surface area is 195 Å². The summed E-state index contributed by atoms with van der Waals surface area (Å²) < 4.78 is 33.6. The monoisotopic (exact) mass is 510 g/mol. The third-order valence-corrected chi connectivity index (χ3v) is 6.49. The van der Waals surface area contributed by atoms with Crippen LogP contribution in [0, 0.1) is 11.3 Å². The number of nitriles is 1. The Balaban J connectivity index is 1.70. The van der Waals surface area contributed by atoms with Gasteiger partial charge in [-0.05, 0) is 25.0 Å². The first-order valence-corrected chi connectivity index (χ1v) is 11.4. The van der Waals surface area contributed by atoms with Gasteiger partial charge in [0.2, 0.25) is 21.6 Å². The highest BCUT2D eigenvalue weighted by molar-refractivity contribution is 7.89. The van der Waals surface area contributed by atoms with Gasteiger partial charge in [-0.15, -0.1) is 5.10 Å². The molecule has 2 aromatic heterocycles. The Kier molecular flexibility index (Phi) is 5.85. The maximum atomic E-state index is 12.5. The predicted octanol–water partition coefficient (Wildman–Crippen LogP) is 1.43. The first kappa shape index (κ1) is 22.7. The average molecular weight is 511 g/mol. The second-order valence-electron chi connectivity index (χ2n) is 6.86. The number of ether oxygens (including phenoxy) is 1. The van der Waals surface area contributed by atoms with E-state index >= 15 is 0 Å². The number of pyridine rings is 1. The number of halogens is 2. The molecule has 0 bridgehead atoms. The van der Waals surface area contributed by atoms with Gasteiger partial charge in [0.1, 0.15) is 11.0 Å². The van der Waals surface area contributed by atoms with E-state index in [2.05, 4.69) is 14.8 Å². The predicted molar refractivity (Wildman–Crippen MR) is 115 cm³/mol. The van der Waals surface area contributed by atoms with Crippen molar-refractivity contribution in [2.45, 2.75) is 23.8 Å². The van der Waals surface area contributed by atoms with Gasteiger partial charge in [0.05, 0.1) is 21.9 Å². The smallest absolute Gasteiger partial charge is 0.349 e. The second kappa shape index (κ2) is 8.49. The van der Waals surface area contributed by atoms with Crippen LogP contribution in [0.4, 0.5) is 0 Å². The van der Waals surface area contributed by atoms with E-state index in [-0.39, 0.29) is 33.4 Å². The van der Waals surface area contributed by atoms with Crippen LogP contribution >= 0.6 is 23.2 Å². The molecule has 0 atom stereocenters. The SMILES string of the molecule is N#Cc1nn(-c2cc(Cl)c(Oc3cc(S(=O)(=O)NC4CC4)c(O)cn3)c(Cl)c2)c(=O)[nH]c1=O. The van der Waals surface area contributed by atoms with Crippen molar-refractivity contribution < 1.29 is 18.3 Å². The quantitative estimate of drug-likeness (QED) is 0.441. The average Bonchev–Trinajstić information content (AvgIpc) is 3.55. The van der Waals surface area contributed by atoms with Crippen LogP contribution in [0.3, 0.4) is 0 Å². The van der Waals surface area contributed by atoms with E-state index in [1.807, 2.05) is 4.98 Å². The van der Waals surface area contributed by atoms with Crippen LogP contribution < -0.4 is 20.7 Å². The number of hydrogen-bond acceptors (Lipinski definition) is 9. The van der Waals surface area contributed by atoms with Gasteiger partial charge in [0.25, 0.3) is 5.56 Å². The largest absolute Gasteiger partial charge is 0.505 e. The summed E-state index contributed by atoms with van der Waals surface area (Å²) in [5.74, 6) is -0.928. The molecule has 3 N–H and O–H groups in total. The molecule has 0 aliphatic heterocycles. The number of nitrogens with zero attached hydrogens (tertiary/aromatic N) is 4. The van der Waals surface area contributed by atoms with E-state index in [1.54, 1.807) is 6.07 Å². The van der Waals surface area contributed by atoms with E-state index < -0.39 is 37.6 Å². The maximum absolute atomic E-state index is 12.5. The van der Waals surface area contributed by atoms with Gasteiger partial charge in [-0.2, -0.15) is 9.94 Å². The number of sulfonamides is 1. The van der Waals surface area contributed by atoms with Gasteiger partial charge in [-0.1, -0.05) is 23.2 Å². The zero-order valence-electron chi connectivity index (χ0n) is 16.2. The highest BCUT2D eigenvalue weighted by Crippen LogP contribution is 2.38. The van der Waals surface area contributed by atoms with E-state index in [0.717, 1.165) is 12.3 Å². The number of aromatic amines is 1. The summed E-state index contributed by atoms with van der Waals surface area (Å²) in [4.78, 5) is 28.9. The zero-order valence-corrected chi connectivity index (χ0v) is 18.6. The number of nitrogens with one attached hydrogen (secondary N) is 2. The fraction of sp³-hybridized carbons (Fsp3) is 0.167. The number of benzene rings is 1. The molecule has 1 aromatic carbocycles. The van der Waals surface area contributed by atoms with Crippen molar-refractivity contribution in [3.05, 3.63) is 61.0 Å². The first-order chi connectivity index (χ1) is 15.6. The van der Waals surface area contributed by atoms with E-state index in [1.165, 1.54) is 12.1 Å². The molecule has 1 saturated carbocycles. The Morgan fingerprint density at radius 2 is 1.91 bits per heavy atom. The molecule has 1 fully saturated rings. The van der Waals surface area contributed by atoms with Crippen molar-refractivity contribution >= 4 is 33.2 Å². The molecular weight excluding hydrogens is 499 g/mol. The highest BCUT2D eigenvalue weighted by Gasteiger charge is 2.30. The van der Waals surface area contributed by atoms with Crippen molar-refractivity contribution in [2.24, 2.45) is 0 Å². The van der Waals surface area contributed by atoms with Crippen molar-refractivity contribution in [3.63, 3.8) is 0 Å². The molecule has 0 unspecified atom stereocenters. The third kappa shape index (κ3) is 4.69. The number of aromatic hydroxyl groups is 1. The summed E-state index contributed by atoms with van der Waals surface area (Å²) in [6.45, 7) is 0. The molecule has 4 rings (SSSR count). The Morgan fingerprint density at radius 3 is 2.52 bits per heavy atom. The normalized spacial score (nSPS) is 13.5. The van der Waals surface area contributed by atoms with Gasteiger partial charge in [0, 0.05) is 12.1 Å². The molecule has 0 spiro atoms. The van der Waals surface area contributed by atoms with Gasteiger partial charge in [-0.3, -0.25) is 9.78 Å². The maximum Gasteiger partial charge on any atom is 0.349 e. The summed E-state index contributed by atoms with van der Waals surface area (Å²) in [5, 5.41) is 22.3. The molecule has 3 aromatic rings. The second-order valence-corrected chi connectivity index (χ2v) is 9.35. The van der Waals surface area contributed by atoms with Gasteiger partial charge >= 0.3 is 5.69 Å². The van der Waals surface area contributed by atoms with Crippen molar-refractivity contribution in [2.75, 3.05) is 0 Å². The first-order valence-electron chi connectivity index (χ1n) is 9.11. The summed E-state index contributed by atoms with van der Waals surface area (Å²) in [5.41, 5.74) is -2.41. The van der Waals surface area contributed by atoms with Crippen LogP contribution in [0.5, 0.6) is 17.4 Å². The van der Waals surface area contributed by atoms with Crippen LogP contribution in [-0.4, -0.2) is 39.3 Å². The number of rotatable bonds is 6. The summed E-state index contributed by atoms with van der Waals surface area (Å²) >= 11 is 12.5. The highest BCUT2D eigenvalue weighted by atomic mass is 35.5. The molecule has 15 heteroatoms. The molecule has 170 valence electrons. The minimum absolute atomic E-state index is 0.0191. The molecule has 1 aliphatic carbocycles. The van der Waals surface area contributed by atoms with Crippen molar-refractivity contribution in [1.29, 1.82) is 5.26 Å². The lowest BCUT2D eigenvalue weighted by molar-refractivity contribution is 0.434. The molecule has 12 nitrogen and oxygen atoms in total. The van der Waals surface area contributed by atoms with E-state index in [0.29, 0.717) is 17.5 Å². The minimum atomic E-state index is -4.01. The lowest BCUT2D eigenvalue weighted by Gasteiger charge is -2.13. The molecule has 1 aliphatic rings. The van der Waals surface area contributed by atoms with Crippen LogP contribution in [-0.2, 0) is 10.0 Å². The molecule has 0 saturated heterocycles. The lowest BCUT2D eigenvalue weighted by Crippen LogP contribution is -2.33. The van der Waals surface area contributed by atoms with Crippen LogP contribution in [0.1, 0.15) is 18.5 Å². The van der Waals surface area contributed by atoms with E-state index in [4.69, 9.17) is 33.2 Å². The Bertz CT molecular complexity index is 1520. The summed E-state index contributed by atoms with van der Waals surface area (Å²) in [6, 6.07) is 4.83. The molecular formula is C18H12Cl2N6O6S.